The van der Waals surface area contributed by atoms with Crippen molar-refractivity contribution in [1.82, 2.24) is 14.8 Å². The Bertz CT molecular complexity index is 553. The van der Waals surface area contributed by atoms with Crippen LogP contribution in [0.1, 0.15) is 39.4 Å². The van der Waals surface area contributed by atoms with Gasteiger partial charge in [0.25, 0.3) is 15.2 Å². The van der Waals surface area contributed by atoms with Crippen molar-refractivity contribution in [3.63, 3.8) is 0 Å². The van der Waals surface area contributed by atoms with E-state index >= 15 is 0 Å². The normalized spacial score (nSPS) is 20.9. The summed E-state index contributed by atoms with van der Waals surface area (Å²) in [7, 11) is -3.88. The van der Waals surface area contributed by atoms with Gasteiger partial charge in [0.05, 0.1) is 6.10 Å². The summed E-state index contributed by atoms with van der Waals surface area (Å²) in [5.41, 5.74) is -0.459. The number of hydrogen-bond acceptors (Lipinski definition) is 5. The lowest BCUT2D eigenvalue weighted by molar-refractivity contribution is 0.108. The molecule has 8 heteroatoms. The number of hydrogen-bond donors (Lipinski definition) is 1. The van der Waals surface area contributed by atoms with Crippen molar-refractivity contribution < 1.29 is 13.2 Å². The molecule has 0 aromatic carbocycles. The van der Waals surface area contributed by atoms with Gasteiger partial charge in [0, 0.05) is 18.6 Å². The molecule has 2 rings (SSSR count). The number of nitrogens with two attached hydrogens (primary N) is 1. The zero-order chi connectivity index (χ0) is 14.3. The van der Waals surface area contributed by atoms with E-state index in [-0.39, 0.29) is 11.3 Å². The van der Waals surface area contributed by atoms with Gasteiger partial charge in [-0.05, 0) is 33.6 Å². The van der Waals surface area contributed by atoms with E-state index in [0.717, 1.165) is 19.4 Å². The lowest BCUT2D eigenvalue weighted by Crippen LogP contribution is -2.31. The highest BCUT2D eigenvalue weighted by Gasteiger charge is 2.30. The summed E-state index contributed by atoms with van der Waals surface area (Å²) >= 11 is 0. The van der Waals surface area contributed by atoms with Gasteiger partial charge in [-0.15, -0.1) is 10.2 Å². The third-order valence-corrected chi connectivity index (χ3v) is 3.83. The van der Waals surface area contributed by atoms with Gasteiger partial charge in [0.2, 0.25) is 0 Å². The van der Waals surface area contributed by atoms with E-state index in [2.05, 4.69) is 10.2 Å². The van der Waals surface area contributed by atoms with Crippen LogP contribution in [0.4, 0.5) is 0 Å². The number of ether oxygens (including phenoxy) is 1. The van der Waals surface area contributed by atoms with Crippen LogP contribution in [0.25, 0.3) is 0 Å². The first-order valence-corrected chi connectivity index (χ1v) is 7.83. The van der Waals surface area contributed by atoms with E-state index in [1.54, 1.807) is 4.57 Å². The van der Waals surface area contributed by atoms with Gasteiger partial charge in [0.15, 0.2) is 0 Å². The van der Waals surface area contributed by atoms with Gasteiger partial charge < -0.3 is 4.74 Å². The highest BCUT2D eigenvalue weighted by atomic mass is 32.2. The maximum absolute atomic E-state index is 11.6. The van der Waals surface area contributed by atoms with Crippen molar-refractivity contribution in [2.75, 3.05) is 6.61 Å². The fourth-order valence-electron chi connectivity index (χ4n) is 2.30. The molecule has 1 fully saturated rings. The molecule has 108 valence electrons. The molecule has 2 heterocycles. The van der Waals surface area contributed by atoms with E-state index < -0.39 is 15.6 Å². The minimum atomic E-state index is -3.88. The van der Waals surface area contributed by atoms with Crippen LogP contribution in [0.5, 0.6) is 0 Å². The van der Waals surface area contributed by atoms with Crippen LogP contribution < -0.4 is 5.14 Å². The predicted molar refractivity (Wildman–Crippen MR) is 69.1 cm³/mol. The van der Waals surface area contributed by atoms with E-state index in [1.165, 1.54) is 0 Å². The van der Waals surface area contributed by atoms with E-state index in [0.29, 0.717) is 12.2 Å². The largest absolute Gasteiger partial charge is 0.378 e. The Labute approximate surface area is 113 Å². The van der Waals surface area contributed by atoms with Gasteiger partial charge >= 0.3 is 0 Å². The van der Waals surface area contributed by atoms with Crippen molar-refractivity contribution in [2.45, 2.75) is 56.8 Å². The molecule has 1 aromatic heterocycles. The van der Waals surface area contributed by atoms with Gasteiger partial charge in [-0.25, -0.2) is 13.6 Å². The summed E-state index contributed by atoms with van der Waals surface area (Å²) in [5, 5.41) is 12.7. The second-order valence-electron chi connectivity index (χ2n) is 5.79. The monoisotopic (exact) mass is 288 g/mol. The Morgan fingerprint density at radius 1 is 1.42 bits per heavy atom. The highest BCUT2D eigenvalue weighted by molar-refractivity contribution is 7.89. The Kier molecular flexibility index (Phi) is 3.67. The summed E-state index contributed by atoms with van der Waals surface area (Å²) in [5.74, 6) is 0.600. The molecular weight excluding hydrogens is 268 g/mol. The third-order valence-electron chi connectivity index (χ3n) is 3.06. The summed E-state index contributed by atoms with van der Waals surface area (Å²) < 4.78 is 30.3. The molecule has 1 saturated heterocycles. The summed E-state index contributed by atoms with van der Waals surface area (Å²) in [6.45, 7) is 6.43. The van der Waals surface area contributed by atoms with Gasteiger partial charge in [-0.1, -0.05) is 0 Å². The number of rotatable bonds is 3. The maximum atomic E-state index is 11.6. The Morgan fingerprint density at radius 2 is 2.11 bits per heavy atom. The minimum Gasteiger partial charge on any atom is -0.378 e. The van der Waals surface area contributed by atoms with E-state index in [4.69, 9.17) is 9.88 Å². The average molecular weight is 288 g/mol. The van der Waals surface area contributed by atoms with Crippen LogP contribution >= 0.6 is 0 Å². The second-order valence-corrected chi connectivity index (χ2v) is 7.24. The zero-order valence-corrected chi connectivity index (χ0v) is 12.3. The first-order valence-electron chi connectivity index (χ1n) is 6.29. The van der Waals surface area contributed by atoms with Gasteiger partial charge in [0.1, 0.15) is 5.82 Å². The molecule has 1 aliphatic heterocycles. The molecule has 0 amide bonds. The molecule has 1 atom stereocenters. The van der Waals surface area contributed by atoms with Gasteiger partial charge in [-0.2, -0.15) is 0 Å². The number of nitrogens with zero attached hydrogens (tertiary/aromatic N) is 3. The van der Waals surface area contributed by atoms with Crippen molar-refractivity contribution >= 4 is 10.0 Å². The molecule has 2 N–H and O–H groups in total. The Morgan fingerprint density at radius 3 is 2.58 bits per heavy atom. The topological polar surface area (TPSA) is 100 Å². The van der Waals surface area contributed by atoms with Crippen LogP contribution in [-0.4, -0.2) is 35.9 Å². The fourth-order valence-corrected chi connectivity index (χ4v) is 3.09. The lowest BCUT2D eigenvalue weighted by Gasteiger charge is -2.24. The van der Waals surface area contributed by atoms with E-state index in [9.17, 15) is 8.42 Å². The fraction of sp³-hybridized carbons (Fsp3) is 0.818. The smallest absolute Gasteiger partial charge is 0.273 e. The Balaban J connectivity index is 2.41. The first kappa shape index (κ1) is 14.4. The first-order chi connectivity index (χ1) is 8.69. The third kappa shape index (κ3) is 3.13. The zero-order valence-electron chi connectivity index (χ0n) is 11.5. The highest BCUT2D eigenvalue weighted by Crippen LogP contribution is 2.24. The summed E-state index contributed by atoms with van der Waals surface area (Å²) in [4.78, 5) is 0. The van der Waals surface area contributed by atoms with Crippen LogP contribution in [0.15, 0.2) is 5.16 Å². The molecule has 0 radical (unpaired) electrons. The molecule has 0 spiro atoms. The standard InChI is InChI=1S/C11H20N4O3S/c1-11(2,3)15-9(7-8-5-4-6-18-8)13-14-10(15)19(12,16)17/h8H,4-7H2,1-3H3,(H2,12,16,17). The molecule has 0 aliphatic carbocycles. The SMILES string of the molecule is CC(C)(C)n1c(CC2CCCO2)nnc1S(N)(=O)=O. The molecule has 0 bridgehead atoms. The molecular formula is C11H20N4O3S. The molecule has 1 aliphatic rings. The van der Waals surface area contributed by atoms with E-state index in [1.807, 2.05) is 20.8 Å². The predicted octanol–water partition coefficient (Wildman–Crippen LogP) is 0.402. The van der Waals surface area contributed by atoms with Crippen molar-refractivity contribution in [3.05, 3.63) is 5.82 Å². The molecule has 1 unspecified atom stereocenters. The molecule has 19 heavy (non-hydrogen) atoms. The average Bonchev–Trinajstić information content (AvgIpc) is 2.84. The van der Waals surface area contributed by atoms with Crippen LogP contribution in [0.2, 0.25) is 0 Å². The number of aromatic nitrogens is 3. The van der Waals surface area contributed by atoms with Crippen LogP contribution in [0.3, 0.4) is 0 Å². The number of sulfonamides is 1. The second kappa shape index (κ2) is 4.84. The van der Waals surface area contributed by atoms with Gasteiger partial charge in [-0.3, -0.25) is 4.57 Å². The lowest BCUT2D eigenvalue weighted by atomic mass is 10.1. The van der Waals surface area contributed by atoms with Crippen molar-refractivity contribution in [3.8, 4) is 0 Å². The maximum Gasteiger partial charge on any atom is 0.273 e. The molecule has 7 nitrogen and oxygen atoms in total. The van der Waals surface area contributed by atoms with Crippen LogP contribution in [-0.2, 0) is 26.7 Å². The minimum absolute atomic E-state index is 0.0821. The summed E-state index contributed by atoms with van der Waals surface area (Å²) in [6.07, 6.45) is 2.62. The molecule has 1 aromatic rings. The molecule has 0 saturated carbocycles. The summed E-state index contributed by atoms with van der Waals surface area (Å²) in [6, 6.07) is 0. The number of primary sulfonamides is 1. The van der Waals surface area contributed by atoms with Crippen molar-refractivity contribution in [1.29, 1.82) is 0 Å². The quantitative estimate of drug-likeness (QED) is 0.867. The van der Waals surface area contributed by atoms with Crippen LogP contribution in [0, 0.1) is 0 Å². The Hall–Kier alpha value is -0.990. The van der Waals surface area contributed by atoms with Crippen molar-refractivity contribution in [2.24, 2.45) is 5.14 Å².